The van der Waals surface area contributed by atoms with Gasteiger partial charge >= 0.3 is 6.03 Å². The molecule has 0 spiro atoms. The molecule has 0 aliphatic rings. The number of hydrogen-bond acceptors (Lipinski definition) is 4. The number of ether oxygens (including phenoxy) is 1. The molecule has 0 aliphatic carbocycles. The van der Waals surface area contributed by atoms with Crippen molar-refractivity contribution in [3.05, 3.63) is 52.2 Å². The molecular formula is C17H22N2O3S. The van der Waals surface area contributed by atoms with E-state index in [9.17, 15) is 9.90 Å². The minimum absolute atomic E-state index is 0.149. The van der Waals surface area contributed by atoms with Gasteiger partial charge in [0.1, 0.15) is 5.75 Å². The number of amides is 2. The van der Waals surface area contributed by atoms with E-state index in [1.54, 1.807) is 7.11 Å². The van der Waals surface area contributed by atoms with Gasteiger partial charge in [0, 0.05) is 12.1 Å². The molecule has 0 saturated carbocycles. The molecular weight excluding hydrogens is 312 g/mol. The summed E-state index contributed by atoms with van der Waals surface area (Å²) in [6.45, 7) is 2.17. The molecule has 124 valence electrons. The van der Waals surface area contributed by atoms with Crippen molar-refractivity contribution in [2.75, 3.05) is 13.7 Å². The van der Waals surface area contributed by atoms with Crippen molar-refractivity contribution in [1.29, 1.82) is 0 Å². The highest BCUT2D eigenvalue weighted by Crippen LogP contribution is 2.26. The van der Waals surface area contributed by atoms with Gasteiger partial charge in [-0.3, -0.25) is 0 Å². The second-order valence-electron chi connectivity index (χ2n) is 5.13. The fourth-order valence-electron chi connectivity index (χ4n) is 2.34. The Morgan fingerprint density at radius 3 is 2.78 bits per heavy atom. The number of carbonyl (C=O) groups excluding carboxylic acids is 1. The van der Waals surface area contributed by atoms with Crippen molar-refractivity contribution in [1.82, 2.24) is 10.6 Å². The number of aliphatic hydroxyl groups is 1. The molecule has 1 aromatic heterocycles. The highest BCUT2D eigenvalue weighted by molar-refractivity contribution is 7.07. The van der Waals surface area contributed by atoms with E-state index < -0.39 is 6.10 Å². The topological polar surface area (TPSA) is 70.6 Å². The van der Waals surface area contributed by atoms with Crippen molar-refractivity contribution in [3.8, 4) is 5.75 Å². The Balaban J connectivity index is 1.92. The maximum Gasteiger partial charge on any atom is 0.315 e. The molecule has 23 heavy (non-hydrogen) atoms. The van der Waals surface area contributed by atoms with Gasteiger partial charge in [-0.2, -0.15) is 11.3 Å². The van der Waals surface area contributed by atoms with E-state index in [1.165, 1.54) is 11.3 Å². The van der Waals surface area contributed by atoms with Gasteiger partial charge in [0.2, 0.25) is 0 Å². The van der Waals surface area contributed by atoms with Crippen molar-refractivity contribution >= 4 is 17.4 Å². The normalized spacial score (nSPS) is 13.2. The van der Waals surface area contributed by atoms with Gasteiger partial charge in [-0.05, 0) is 34.9 Å². The van der Waals surface area contributed by atoms with Crippen LogP contribution in [0.3, 0.4) is 0 Å². The summed E-state index contributed by atoms with van der Waals surface area (Å²) >= 11 is 1.52. The Bertz CT molecular complexity index is 616. The zero-order valence-corrected chi connectivity index (χ0v) is 14.1. The van der Waals surface area contributed by atoms with Gasteiger partial charge < -0.3 is 20.5 Å². The highest BCUT2D eigenvalue weighted by Gasteiger charge is 2.17. The molecule has 5 nitrogen and oxygen atoms in total. The monoisotopic (exact) mass is 334 g/mol. The molecule has 0 radical (unpaired) electrons. The van der Waals surface area contributed by atoms with Crippen LogP contribution in [0.5, 0.6) is 5.75 Å². The molecule has 2 rings (SSSR count). The van der Waals surface area contributed by atoms with Crippen LogP contribution in [0.25, 0.3) is 0 Å². The van der Waals surface area contributed by atoms with Crippen LogP contribution in [0.2, 0.25) is 0 Å². The second-order valence-corrected chi connectivity index (χ2v) is 5.91. The van der Waals surface area contributed by atoms with Crippen LogP contribution in [0.1, 0.15) is 36.6 Å². The third kappa shape index (κ3) is 4.71. The van der Waals surface area contributed by atoms with Gasteiger partial charge in [-0.1, -0.05) is 25.1 Å². The number of benzene rings is 1. The lowest BCUT2D eigenvalue weighted by Crippen LogP contribution is -2.39. The van der Waals surface area contributed by atoms with E-state index in [0.717, 1.165) is 23.3 Å². The molecule has 2 aromatic rings. The maximum absolute atomic E-state index is 12.1. The highest BCUT2D eigenvalue weighted by atomic mass is 32.1. The summed E-state index contributed by atoms with van der Waals surface area (Å²) in [6.07, 6.45) is 0.0410. The Kier molecular flexibility index (Phi) is 6.43. The minimum Gasteiger partial charge on any atom is -0.496 e. The molecule has 0 saturated heterocycles. The lowest BCUT2D eigenvalue weighted by molar-refractivity contribution is 0.173. The smallest absolute Gasteiger partial charge is 0.315 e. The largest absolute Gasteiger partial charge is 0.496 e. The number of methoxy groups -OCH3 is 1. The maximum atomic E-state index is 12.1. The van der Waals surface area contributed by atoms with E-state index in [4.69, 9.17) is 4.74 Å². The number of rotatable bonds is 7. The average molecular weight is 334 g/mol. The number of thiophene rings is 1. The molecule has 0 fully saturated rings. The molecule has 0 bridgehead atoms. The zero-order chi connectivity index (χ0) is 16.7. The van der Waals surface area contributed by atoms with E-state index >= 15 is 0 Å². The van der Waals surface area contributed by atoms with Crippen molar-refractivity contribution in [2.24, 2.45) is 0 Å². The Labute approximate surface area is 140 Å². The SMILES string of the molecule is CC[C@H](NC(=O)NC[C@@H](O)c1ccsc1)c1ccccc1OC. The van der Waals surface area contributed by atoms with Crippen molar-refractivity contribution in [2.45, 2.75) is 25.5 Å². The first kappa shape index (κ1) is 17.3. The van der Waals surface area contributed by atoms with Gasteiger partial charge in [0.25, 0.3) is 0 Å². The van der Waals surface area contributed by atoms with E-state index in [0.29, 0.717) is 0 Å². The molecule has 2 amide bonds. The first-order chi connectivity index (χ1) is 11.2. The molecule has 0 aliphatic heterocycles. The zero-order valence-electron chi connectivity index (χ0n) is 13.3. The molecule has 0 unspecified atom stereocenters. The summed E-state index contributed by atoms with van der Waals surface area (Å²) < 4.78 is 5.35. The molecule has 1 aromatic carbocycles. The summed E-state index contributed by atoms with van der Waals surface area (Å²) in [7, 11) is 1.61. The second kappa shape index (κ2) is 8.55. The first-order valence-corrected chi connectivity index (χ1v) is 8.47. The Morgan fingerprint density at radius 1 is 1.35 bits per heavy atom. The van der Waals surface area contributed by atoms with Crippen molar-refractivity contribution in [3.63, 3.8) is 0 Å². The van der Waals surface area contributed by atoms with Gasteiger partial charge in [0.05, 0.1) is 19.3 Å². The number of nitrogens with one attached hydrogen (secondary N) is 2. The fraction of sp³-hybridized carbons (Fsp3) is 0.353. The van der Waals surface area contributed by atoms with Crippen LogP contribution >= 0.6 is 11.3 Å². The third-order valence-corrected chi connectivity index (χ3v) is 4.31. The quantitative estimate of drug-likeness (QED) is 0.728. The predicted octanol–water partition coefficient (Wildman–Crippen LogP) is 3.24. The Morgan fingerprint density at radius 2 is 2.13 bits per heavy atom. The number of urea groups is 1. The molecule has 1 heterocycles. The van der Waals surface area contributed by atoms with Crippen LogP contribution in [0.15, 0.2) is 41.1 Å². The number of carbonyl (C=O) groups is 1. The summed E-state index contributed by atoms with van der Waals surface area (Å²) in [5, 5.41) is 19.4. The van der Waals surface area contributed by atoms with E-state index in [-0.39, 0.29) is 18.6 Å². The lowest BCUT2D eigenvalue weighted by Gasteiger charge is -2.20. The number of hydrogen-bond donors (Lipinski definition) is 3. The third-order valence-electron chi connectivity index (χ3n) is 3.61. The predicted molar refractivity (Wildman–Crippen MR) is 91.8 cm³/mol. The summed E-state index contributed by atoms with van der Waals surface area (Å²) in [6, 6.07) is 9.01. The summed E-state index contributed by atoms with van der Waals surface area (Å²) in [5.74, 6) is 0.748. The van der Waals surface area contributed by atoms with E-state index in [2.05, 4.69) is 10.6 Å². The van der Waals surface area contributed by atoms with Crippen LogP contribution in [-0.4, -0.2) is 24.8 Å². The van der Waals surface area contributed by atoms with Crippen LogP contribution in [0, 0.1) is 0 Å². The standard InChI is InChI=1S/C17H22N2O3S/c1-3-14(13-6-4-5-7-16(13)22-2)19-17(21)18-10-15(20)12-8-9-23-11-12/h4-9,11,14-15,20H,3,10H2,1-2H3,(H2,18,19,21)/t14-,15+/m0/s1. The van der Waals surface area contributed by atoms with Gasteiger partial charge in [-0.25, -0.2) is 4.79 Å². The summed E-state index contributed by atoms with van der Waals surface area (Å²) in [4.78, 5) is 12.1. The van der Waals surface area contributed by atoms with Crippen molar-refractivity contribution < 1.29 is 14.6 Å². The van der Waals surface area contributed by atoms with Crippen LogP contribution in [0.4, 0.5) is 4.79 Å². The van der Waals surface area contributed by atoms with Gasteiger partial charge in [-0.15, -0.1) is 0 Å². The van der Waals surface area contributed by atoms with Crippen LogP contribution < -0.4 is 15.4 Å². The first-order valence-electron chi connectivity index (χ1n) is 7.53. The average Bonchev–Trinajstić information content (AvgIpc) is 3.12. The molecule has 6 heteroatoms. The number of aliphatic hydroxyl groups excluding tert-OH is 1. The minimum atomic E-state index is -0.696. The summed E-state index contributed by atoms with van der Waals surface area (Å²) in [5.41, 5.74) is 1.75. The number of para-hydroxylation sites is 1. The van der Waals surface area contributed by atoms with Gasteiger partial charge in [0.15, 0.2) is 0 Å². The Hall–Kier alpha value is -2.05. The van der Waals surface area contributed by atoms with E-state index in [1.807, 2.05) is 48.0 Å². The molecule has 3 N–H and O–H groups in total. The fourth-order valence-corrected chi connectivity index (χ4v) is 3.04. The van der Waals surface area contributed by atoms with Crippen LogP contribution in [-0.2, 0) is 0 Å². The lowest BCUT2D eigenvalue weighted by atomic mass is 10.0. The molecule has 2 atom stereocenters.